The van der Waals surface area contributed by atoms with Crippen molar-refractivity contribution in [3.05, 3.63) is 108 Å². The standard InChI is InChI=1S/C28H31BrO4/c1-21-25(30-18-22-12-6-3-7-13-22)26(31-19-23-14-8-4-9-15-23)27(28(2,29)33-21)32-20-24-16-10-5-11-17-24/h3-17,21,25-27H,18-20H2,1-2H3/t21-,25+,26+,27-,28?/m1/s1. The molecule has 0 radical (unpaired) electrons. The van der Waals surface area contributed by atoms with Crippen molar-refractivity contribution in [3.8, 4) is 0 Å². The summed E-state index contributed by atoms with van der Waals surface area (Å²) in [7, 11) is 0. The van der Waals surface area contributed by atoms with Crippen molar-refractivity contribution in [1.82, 2.24) is 0 Å². The second kappa shape index (κ2) is 11.4. The molecule has 0 spiro atoms. The number of halogens is 1. The first-order valence-corrected chi connectivity index (χ1v) is 12.2. The Morgan fingerprint density at radius 2 is 1.06 bits per heavy atom. The van der Waals surface area contributed by atoms with Gasteiger partial charge in [0, 0.05) is 0 Å². The van der Waals surface area contributed by atoms with E-state index >= 15 is 0 Å². The second-order valence-electron chi connectivity index (χ2n) is 8.55. The van der Waals surface area contributed by atoms with E-state index in [0.717, 1.165) is 16.7 Å². The molecule has 1 aliphatic rings. The van der Waals surface area contributed by atoms with Gasteiger partial charge in [-0.05, 0) is 30.5 Å². The zero-order chi connectivity index (χ0) is 23.1. The van der Waals surface area contributed by atoms with Gasteiger partial charge in [-0.3, -0.25) is 0 Å². The van der Waals surface area contributed by atoms with Crippen LogP contribution in [0.5, 0.6) is 0 Å². The van der Waals surface area contributed by atoms with E-state index in [2.05, 4.69) is 52.3 Å². The summed E-state index contributed by atoms with van der Waals surface area (Å²) in [6.07, 6.45) is -1.18. The highest BCUT2D eigenvalue weighted by atomic mass is 79.9. The van der Waals surface area contributed by atoms with Gasteiger partial charge in [0.2, 0.25) is 0 Å². The van der Waals surface area contributed by atoms with Gasteiger partial charge in [0.15, 0.2) is 0 Å². The molecular weight excluding hydrogens is 480 g/mol. The highest BCUT2D eigenvalue weighted by Gasteiger charge is 2.52. The topological polar surface area (TPSA) is 36.9 Å². The number of alkyl halides is 1. The minimum atomic E-state index is -0.713. The van der Waals surface area contributed by atoms with Crippen molar-refractivity contribution >= 4 is 15.9 Å². The van der Waals surface area contributed by atoms with Crippen LogP contribution in [0.1, 0.15) is 30.5 Å². The molecule has 5 atom stereocenters. The third-order valence-corrected chi connectivity index (χ3v) is 6.49. The summed E-state index contributed by atoms with van der Waals surface area (Å²) < 4.78 is 25.0. The van der Waals surface area contributed by atoms with Crippen LogP contribution in [0.4, 0.5) is 0 Å². The Hall–Kier alpha value is -2.02. The monoisotopic (exact) mass is 510 g/mol. The average molecular weight is 511 g/mol. The molecule has 4 rings (SSSR count). The third-order valence-electron chi connectivity index (χ3n) is 5.85. The van der Waals surface area contributed by atoms with Crippen LogP contribution < -0.4 is 0 Å². The summed E-state index contributed by atoms with van der Waals surface area (Å²) in [6.45, 7) is 5.43. The van der Waals surface area contributed by atoms with E-state index in [0.29, 0.717) is 19.8 Å². The van der Waals surface area contributed by atoms with Crippen molar-refractivity contribution in [2.24, 2.45) is 0 Å². The van der Waals surface area contributed by atoms with Crippen LogP contribution in [0.3, 0.4) is 0 Å². The van der Waals surface area contributed by atoms with E-state index < -0.39 is 4.51 Å². The summed E-state index contributed by atoms with van der Waals surface area (Å²) in [6, 6.07) is 30.5. The number of benzene rings is 3. The molecule has 0 aliphatic carbocycles. The molecule has 3 aromatic rings. The number of ether oxygens (including phenoxy) is 4. The van der Waals surface area contributed by atoms with E-state index in [9.17, 15) is 0 Å². The van der Waals surface area contributed by atoms with Crippen LogP contribution in [-0.2, 0) is 38.8 Å². The van der Waals surface area contributed by atoms with Gasteiger partial charge < -0.3 is 18.9 Å². The first-order valence-electron chi connectivity index (χ1n) is 11.4. The molecule has 0 aromatic heterocycles. The van der Waals surface area contributed by atoms with Crippen LogP contribution in [0.25, 0.3) is 0 Å². The van der Waals surface area contributed by atoms with Gasteiger partial charge >= 0.3 is 0 Å². The molecule has 0 bridgehead atoms. The van der Waals surface area contributed by atoms with Crippen molar-refractivity contribution in [3.63, 3.8) is 0 Å². The zero-order valence-corrected chi connectivity index (χ0v) is 20.7. The second-order valence-corrected chi connectivity index (χ2v) is 10.1. The lowest BCUT2D eigenvalue weighted by Gasteiger charge is -2.48. The van der Waals surface area contributed by atoms with Crippen LogP contribution in [-0.4, -0.2) is 28.9 Å². The number of hydrogen-bond donors (Lipinski definition) is 0. The van der Waals surface area contributed by atoms with Crippen molar-refractivity contribution in [1.29, 1.82) is 0 Å². The molecule has 1 aliphatic heterocycles. The van der Waals surface area contributed by atoms with Gasteiger partial charge in [-0.25, -0.2) is 0 Å². The Bertz CT molecular complexity index is 965. The molecule has 0 N–H and O–H groups in total. The minimum absolute atomic E-state index is 0.185. The maximum absolute atomic E-state index is 6.52. The minimum Gasteiger partial charge on any atom is -0.368 e. The summed E-state index contributed by atoms with van der Waals surface area (Å²) in [4.78, 5) is 0. The van der Waals surface area contributed by atoms with Crippen LogP contribution in [0.2, 0.25) is 0 Å². The Labute approximate surface area is 205 Å². The van der Waals surface area contributed by atoms with Crippen molar-refractivity contribution in [2.75, 3.05) is 0 Å². The fourth-order valence-electron chi connectivity index (χ4n) is 4.18. The lowest BCUT2D eigenvalue weighted by atomic mass is 9.95. The van der Waals surface area contributed by atoms with Gasteiger partial charge in [0.05, 0.1) is 25.9 Å². The summed E-state index contributed by atoms with van der Waals surface area (Å²) >= 11 is 3.78. The quantitative estimate of drug-likeness (QED) is 0.317. The Morgan fingerprint density at radius 1 is 0.667 bits per heavy atom. The highest BCUT2D eigenvalue weighted by molar-refractivity contribution is 9.10. The van der Waals surface area contributed by atoms with Crippen LogP contribution in [0.15, 0.2) is 91.0 Å². The largest absolute Gasteiger partial charge is 0.368 e. The molecule has 1 unspecified atom stereocenters. The molecule has 0 saturated carbocycles. The Kier molecular flexibility index (Phi) is 8.34. The maximum Gasteiger partial charge on any atom is 0.149 e. The molecule has 33 heavy (non-hydrogen) atoms. The van der Waals surface area contributed by atoms with E-state index in [1.54, 1.807) is 0 Å². The summed E-state index contributed by atoms with van der Waals surface area (Å²) in [5.41, 5.74) is 3.32. The van der Waals surface area contributed by atoms with Gasteiger partial charge in [0.25, 0.3) is 0 Å². The average Bonchev–Trinajstić information content (AvgIpc) is 2.83. The summed E-state index contributed by atoms with van der Waals surface area (Å²) in [5, 5.41) is 0. The lowest BCUT2D eigenvalue weighted by Crippen LogP contribution is -2.62. The van der Waals surface area contributed by atoms with Crippen molar-refractivity contribution in [2.45, 2.75) is 62.6 Å². The van der Waals surface area contributed by atoms with Crippen LogP contribution in [0, 0.1) is 0 Å². The summed E-state index contributed by atoms with van der Waals surface area (Å²) in [5.74, 6) is 0. The predicted octanol–water partition coefficient (Wildman–Crippen LogP) is 6.27. The smallest absolute Gasteiger partial charge is 0.149 e. The van der Waals surface area contributed by atoms with Gasteiger partial charge in [-0.15, -0.1) is 0 Å². The van der Waals surface area contributed by atoms with E-state index in [-0.39, 0.29) is 24.4 Å². The molecule has 3 aromatic carbocycles. The van der Waals surface area contributed by atoms with Gasteiger partial charge in [-0.2, -0.15) is 0 Å². The first kappa shape index (κ1) is 24.1. The fourth-order valence-corrected chi connectivity index (χ4v) is 4.87. The number of hydrogen-bond acceptors (Lipinski definition) is 4. The van der Waals surface area contributed by atoms with Crippen LogP contribution >= 0.6 is 15.9 Å². The molecule has 1 fully saturated rings. The molecule has 5 heteroatoms. The van der Waals surface area contributed by atoms with Gasteiger partial charge in [-0.1, -0.05) is 107 Å². The molecule has 0 amide bonds. The molecule has 1 saturated heterocycles. The van der Waals surface area contributed by atoms with E-state index in [1.807, 2.05) is 68.4 Å². The molecule has 174 valence electrons. The van der Waals surface area contributed by atoms with Crippen molar-refractivity contribution < 1.29 is 18.9 Å². The Balaban J connectivity index is 1.55. The predicted molar refractivity (Wildman–Crippen MR) is 133 cm³/mol. The maximum atomic E-state index is 6.52. The third kappa shape index (κ3) is 6.52. The number of rotatable bonds is 9. The molecular formula is C28H31BrO4. The Morgan fingerprint density at radius 3 is 1.52 bits per heavy atom. The highest BCUT2D eigenvalue weighted by Crippen LogP contribution is 2.40. The normalized spacial score (nSPS) is 27.4. The first-order chi connectivity index (χ1) is 16.0. The van der Waals surface area contributed by atoms with E-state index in [1.165, 1.54) is 0 Å². The molecule has 1 heterocycles. The molecule has 4 nitrogen and oxygen atoms in total. The lowest BCUT2D eigenvalue weighted by molar-refractivity contribution is -0.265. The fraction of sp³-hybridized carbons (Fsp3) is 0.357. The SMILES string of the molecule is C[C@H]1OC(C)(Br)[C@H](OCc2ccccc2)[C@@H](OCc2ccccc2)[C@H]1OCc1ccccc1. The van der Waals surface area contributed by atoms with E-state index in [4.69, 9.17) is 18.9 Å². The van der Waals surface area contributed by atoms with Gasteiger partial charge in [0.1, 0.15) is 22.8 Å². The zero-order valence-electron chi connectivity index (χ0n) is 19.1.